The summed E-state index contributed by atoms with van der Waals surface area (Å²) in [6, 6.07) is 9.42. The molecule has 0 bridgehead atoms. The van der Waals surface area contributed by atoms with E-state index in [9.17, 15) is 9.59 Å². The van der Waals surface area contributed by atoms with E-state index in [2.05, 4.69) is 23.7 Å². The molecule has 1 aromatic carbocycles. The molecule has 1 saturated heterocycles. The summed E-state index contributed by atoms with van der Waals surface area (Å²) >= 11 is 1.67. The van der Waals surface area contributed by atoms with E-state index in [0.29, 0.717) is 18.5 Å². The van der Waals surface area contributed by atoms with Gasteiger partial charge in [-0.15, -0.1) is 11.3 Å². The van der Waals surface area contributed by atoms with Crippen LogP contribution in [0.15, 0.2) is 35.7 Å². The molecule has 0 radical (unpaired) electrons. The number of thiophene rings is 1. The average Bonchev–Trinajstić information content (AvgIpc) is 3.08. The summed E-state index contributed by atoms with van der Waals surface area (Å²) in [6.07, 6.45) is 3.60. The van der Waals surface area contributed by atoms with Gasteiger partial charge < -0.3 is 10.2 Å². The number of nitrogens with one attached hydrogen (secondary N) is 1. The molecular formula is C19H22N2O2S. The Hall–Kier alpha value is -2.14. The summed E-state index contributed by atoms with van der Waals surface area (Å²) in [5, 5.41) is 5.04. The van der Waals surface area contributed by atoms with Crippen molar-refractivity contribution in [3.8, 4) is 0 Å². The van der Waals surface area contributed by atoms with Crippen molar-refractivity contribution in [3.05, 3.63) is 51.7 Å². The fourth-order valence-electron chi connectivity index (χ4n) is 2.97. The van der Waals surface area contributed by atoms with Crippen LogP contribution >= 0.6 is 11.3 Å². The molecule has 4 nitrogen and oxygen atoms in total. The van der Waals surface area contributed by atoms with Gasteiger partial charge in [0.05, 0.1) is 6.54 Å². The van der Waals surface area contributed by atoms with Crippen molar-refractivity contribution in [2.45, 2.75) is 39.2 Å². The number of amides is 2. The molecule has 0 unspecified atom stereocenters. The molecule has 1 aromatic heterocycles. The lowest BCUT2D eigenvalue weighted by atomic mass is 10.1. The number of carbonyl (C=O) groups is 2. The molecule has 0 atom stereocenters. The fourth-order valence-corrected chi connectivity index (χ4v) is 3.89. The van der Waals surface area contributed by atoms with Crippen molar-refractivity contribution in [1.29, 1.82) is 0 Å². The molecule has 126 valence electrons. The molecule has 1 fully saturated rings. The SMILES string of the molecule is CCc1ccsc1CNC(=O)c1ccc(N2CCCCC2=O)cc1. The number of rotatable bonds is 5. The highest BCUT2D eigenvalue weighted by Gasteiger charge is 2.19. The number of carbonyl (C=O) groups excluding carboxylic acids is 2. The molecule has 3 rings (SSSR count). The van der Waals surface area contributed by atoms with Crippen LogP contribution in [-0.2, 0) is 17.8 Å². The van der Waals surface area contributed by atoms with E-state index in [1.807, 2.05) is 17.0 Å². The van der Waals surface area contributed by atoms with Crippen molar-refractivity contribution in [3.63, 3.8) is 0 Å². The van der Waals surface area contributed by atoms with Gasteiger partial charge in [-0.25, -0.2) is 0 Å². The van der Waals surface area contributed by atoms with Crippen LogP contribution in [0.1, 0.15) is 47.0 Å². The second-order valence-electron chi connectivity index (χ2n) is 5.95. The zero-order chi connectivity index (χ0) is 16.9. The third-order valence-corrected chi connectivity index (χ3v) is 5.36. The maximum Gasteiger partial charge on any atom is 0.251 e. The predicted octanol–water partition coefficient (Wildman–Crippen LogP) is 3.76. The van der Waals surface area contributed by atoms with Crippen LogP contribution in [0.4, 0.5) is 5.69 Å². The van der Waals surface area contributed by atoms with Gasteiger partial charge in [-0.05, 0) is 60.5 Å². The van der Waals surface area contributed by atoms with E-state index in [1.54, 1.807) is 23.5 Å². The number of anilines is 1. The lowest BCUT2D eigenvalue weighted by molar-refractivity contribution is -0.119. The number of hydrogen-bond acceptors (Lipinski definition) is 3. The van der Waals surface area contributed by atoms with E-state index < -0.39 is 0 Å². The molecule has 0 aliphatic carbocycles. The van der Waals surface area contributed by atoms with Gasteiger partial charge >= 0.3 is 0 Å². The first-order valence-electron chi connectivity index (χ1n) is 8.43. The van der Waals surface area contributed by atoms with Gasteiger partial charge in [-0.2, -0.15) is 0 Å². The van der Waals surface area contributed by atoms with Crippen LogP contribution in [0, 0.1) is 0 Å². The molecule has 5 heteroatoms. The second-order valence-corrected chi connectivity index (χ2v) is 6.96. The highest BCUT2D eigenvalue weighted by Crippen LogP contribution is 2.21. The Bertz CT molecular complexity index is 721. The first kappa shape index (κ1) is 16.7. The summed E-state index contributed by atoms with van der Waals surface area (Å²) < 4.78 is 0. The van der Waals surface area contributed by atoms with E-state index in [-0.39, 0.29) is 11.8 Å². The highest BCUT2D eigenvalue weighted by atomic mass is 32.1. The summed E-state index contributed by atoms with van der Waals surface area (Å²) in [7, 11) is 0. The molecule has 2 aromatic rings. The molecular weight excluding hydrogens is 320 g/mol. The lowest BCUT2D eigenvalue weighted by Crippen LogP contribution is -2.35. The van der Waals surface area contributed by atoms with Crippen molar-refractivity contribution in [1.82, 2.24) is 5.32 Å². The van der Waals surface area contributed by atoms with Gasteiger partial charge in [-0.1, -0.05) is 6.92 Å². The lowest BCUT2D eigenvalue weighted by Gasteiger charge is -2.26. The second kappa shape index (κ2) is 7.62. The van der Waals surface area contributed by atoms with E-state index >= 15 is 0 Å². The first-order valence-corrected chi connectivity index (χ1v) is 9.31. The van der Waals surface area contributed by atoms with E-state index in [1.165, 1.54) is 10.4 Å². The number of hydrogen-bond donors (Lipinski definition) is 1. The Morgan fingerprint density at radius 3 is 2.71 bits per heavy atom. The molecule has 1 aliphatic rings. The Morgan fingerprint density at radius 1 is 1.21 bits per heavy atom. The van der Waals surface area contributed by atoms with Crippen LogP contribution in [0.3, 0.4) is 0 Å². The fraction of sp³-hybridized carbons (Fsp3) is 0.368. The van der Waals surface area contributed by atoms with Gasteiger partial charge in [0.1, 0.15) is 0 Å². The largest absolute Gasteiger partial charge is 0.347 e. The molecule has 0 spiro atoms. The van der Waals surface area contributed by atoms with Crippen molar-refractivity contribution >= 4 is 28.8 Å². The molecule has 0 saturated carbocycles. The van der Waals surface area contributed by atoms with Gasteiger partial charge in [0.2, 0.25) is 5.91 Å². The number of benzene rings is 1. The van der Waals surface area contributed by atoms with Crippen molar-refractivity contribution in [2.75, 3.05) is 11.4 Å². The van der Waals surface area contributed by atoms with E-state index in [0.717, 1.165) is 31.5 Å². The van der Waals surface area contributed by atoms with Crippen LogP contribution in [0.2, 0.25) is 0 Å². The Kier molecular flexibility index (Phi) is 5.30. The Balaban J connectivity index is 1.62. The number of aryl methyl sites for hydroxylation is 1. The van der Waals surface area contributed by atoms with Crippen LogP contribution in [0.25, 0.3) is 0 Å². The zero-order valence-electron chi connectivity index (χ0n) is 13.9. The molecule has 2 amide bonds. The average molecular weight is 342 g/mol. The van der Waals surface area contributed by atoms with Gasteiger partial charge in [0, 0.05) is 29.1 Å². The summed E-state index contributed by atoms with van der Waals surface area (Å²) in [4.78, 5) is 27.3. The molecule has 1 N–H and O–H groups in total. The maximum absolute atomic E-state index is 12.3. The normalized spacial score (nSPS) is 14.7. The molecule has 1 aliphatic heterocycles. The smallest absolute Gasteiger partial charge is 0.251 e. The maximum atomic E-state index is 12.3. The van der Waals surface area contributed by atoms with Gasteiger partial charge in [0.15, 0.2) is 0 Å². The quantitative estimate of drug-likeness (QED) is 0.899. The minimum atomic E-state index is -0.0815. The minimum absolute atomic E-state index is 0.0815. The minimum Gasteiger partial charge on any atom is -0.347 e. The number of nitrogens with zero attached hydrogens (tertiary/aromatic N) is 1. The third-order valence-electron chi connectivity index (χ3n) is 4.39. The summed E-state index contributed by atoms with van der Waals surface area (Å²) in [5.41, 5.74) is 2.79. The Labute approximate surface area is 146 Å². The van der Waals surface area contributed by atoms with Gasteiger partial charge in [-0.3, -0.25) is 9.59 Å². The first-order chi connectivity index (χ1) is 11.7. The van der Waals surface area contributed by atoms with E-state index in [4.69, 9.17) is 0 Å². The monoisotopic (exact) mass is 342 g/mol. The Morgan fingerprint density at radius 2 is 2.00 bits per heavy atom. The standard InChI is InChI=1S/C19H22N2O2S/c1-2-14-10-12-24-17(14)13-20-19(23)15-6-8-16(9-7-15)21-11-4-3-5-18(21)22/h6-10,12H,2-5,11,13H2,1H3,(H,20,23). The summed E-state index contributed by atoms with van der Waals surface area (Å²) in [5.74, 6) is 0.0882. The number of piperidine rings is 1. The summed E-state index contributed by atoms with van der Waals surface area (Å²) in [6.45, 7) is 3.45. The van der Waals surface area contributed by atoms with Crippen LogP contribution in [-0.4, -0.2) is 18.4 Å². The van der Waals surface area contributed by atoms with Crippen LogP contribution in [0.5, 0.6) is 0 Å². The van der Waals surface area contributed by atoms with Crippen molar-refractivity contribution < 1.29 is 9.59 Å². The van der Waals surface area contributed by atoms with Crippen LogP contribution < -0.4 is 10.2 Å². The predicted molar refractivity (Wildman–Crippen MR) is 97.5 cm³/mol. The van der Waals surface area contributed by atoms with Gasteiger partial charge in [0.25, 0.3) is 5.91 Å². The highest BCUT2D eigenvalue weighted by molar-refractivity contribution is 7.10. The zero-order valence-corrected chi connectivity index (χ0v) is 14.7. The third kappa shape index (κ3) is 3.67. The van der Waals surface area contributed by atoms with Crippen molar-refractivity contribution in [2.24, 2.45) is 0 Å². The molecule has 24 heavy (non-hydrogen) atoms. The topological polar surface area (TPSA) is 49.4 Å². The molecule has 2 heterocycles.